The molecule has 0 aliphatic heterocycles. The van der Waals surface area contributed by atoms with Crippen LogP contribution in [0.3, 0.4) is 0 Å². The summed E-state index contributed by atoms with van der Waals surface area (Å²) in [5.41, 5.74) is 6.07. The van der Waals surface area contributed by atoms with Crippen LogP contribution in [0.4, 0.5) is 0 Å². The second-order valence-corrected chi connectivity index (χ2v) is 4.94. The number of amidine groups is 1. The van der Waals surface area contributed by atoms with Crippen LogP contribution in [0.5, 0.6) is 5.75 Å². The molecule has 5 N–H and O–H groups in total. The summed E-state index contributed by atoms with van der Waals surface area (Å²) in [7, 11) is -3.29. The van der Waals surface area contributed by atoms with Gasteiger partial charge in [0.1, 0.15) is 11.6 Å². The Hall–Kier alpha value is -2.16. The largest absolute Gasteiger partial charge is 0.508 e. The highest BCUT2D eigenvalue weighted by Gasteiger charge is 1.99. The summed E-state index contributed by atoms with van der Waals surface area (Å²) in [6, 6.07) is 10.5. The van der Waals surface area contributed by atoms with Gasteiger partial charge in [-0.3, -0.25) is 14.1 Å². The first-order valence-corrected chi connectivity index (χ1v) is 6.69. The Bertz CT molecular complexity index is 728. The van der Waals surface area contributed by atoms with Gasteiger partial charge in [-0.05, 0) is 29.0 Å². The van der Waals surface area contributed by atoms with Crippen molar-refractivity contribution in [2.75, 3.05) is 7.11 Å². The molecule has 2 rings (SSSR count). The number of rotatable bonds is 2. The van der Waals surface area contributed by atoms with E-state index in [0.717, 1.165) is 17.9 Å². The quantitative estimate of drug-likeness (QED) is 0.375. The van der Waals surface area contributed by atoms with E-state index in [2.05, 4.69) is 4.18 Å². The van der Waals surface area contributed by atoms with E-state index >= 15 is 0 Å². The minimum absolute atomic E-state index is 0.0555. The summed E-state index contributed by atoms with van der Waals surface area (Å²) >= 11 is 0. The second kappa shape index (κ2) is 6.33. The summed E-state index contributed by atoms with van der Waals surface area (Å²) in [5, 5.41) is 18.4. The number of aromatic hydroxyl groups is 1. The van der Waals surface area contributed by atoms with E-state index in [4.69, 9.17) is 15.7 Å². The molecule has 0 fully saturated rings. The molecule has 0 amide bonds. The third-order valence-corrected chi connectivity index (χ3v) is 2.77. The molecule has 0 bridgehead atoms. The molecule has 0 radical (unpaired) electrons. The van der Waals surface area contributed by atoms with E-state index in [9.17, 15) is 13.5 Å². The van der Waals surface area contributed by atoms with Gasteiger partial charge in [-0.1, -0.05) is 18.2 Å². The Labute approximate surface area is 116 Å². The zero-order chi connectivity index (χ0) is 15.3. The highest BCUT2D eigenvalue weighted by molar-refractivity contribution is 7.80. The number of phenols is 1. The van der Waals surface area contributed by atoms with Crippen LogP contribution in [-0.4, -0.2) is 31.0 Å². The van der Waals surface area contributed by atoms with Gasteiger partial charge in [0.25, 0.3) is 0 Å². The molecule has 8 heteroatoms. The number of hydrogen-bond acceptors (Lipinski definition) is 5. The highest BCUT2D eigenvalue weighted by Crippen LogP contribution is 2.20. The van der Waals surface area contributed by atoms with Crippen molar-refractivity contribution in [2.24, 2.45) is 5.73 Å². The fraction of sp³-hybridized carbons (Fsp3) is 0.0833. The number of hydrogen-bond donors (Lipinski definition) is 4. The minimum atomic E-state index is -4.16. The summed E-state index contributed by atoms with van der Waals surface area (Å²) in [5.74, 6) is 0.299. The fourth-order valence-electron chi connectivity index (χ4n) is 1.40. The zero-order valence-corrected chi connectivity index (χ0v) is 11.4. The van der Waals surface area contributed by atoms with Gasteiger partial charge in [0, 0.05) is 5.56 Å². The maximum atomic E-state index is 9.33. The Kier molecular flexibility index (Phi) is 5.03. The average Bonchev–Trinajstić information content (AvgIpc) is 2.37. The summed E-state index contributed by atoms with van der Waals surface area (Å²) < 4.78 is 29.7. The van der Waals surface area contributed by atoms with Crippen molar-refractivity contribution < 1.29 is 22.3 Å². The van der Waals surface area contributed by atoms with Gasteiger partial charge >= 0.3 is 10.4 Å². The lowest BCUT2D eigenvalue weighted by molar-refractivity contribution is 0.324. The maximum absolute atomic E-state index is 9.33. The van der Waals surface area contributed by atoms with E-state index in [1.165, 1.54) is 0 Å². The Balaban J connectivity index is 0.000000286. The van der Waals surface area contributed by atoms with Crippen molar-refractivity contribution in [3.8, 4) is 5.75 Å². The SMILES string of the molecule is COS(=O)(=O)O.N=C(N)c1ccc2cc(O)ccc2c1. The average molecular weight is 298 g/mol. The molecule has 108 valence electrons. The van der Waals surface area contributed by atoms with Gasteiger partial charge in [-0.15, -0.1) is 0 Å². The topological polar surface area (TPSA) is 134 Å². The molecule has 0 saturated carbocycles. The molecule has 20 heavy (non-hydrogen) atoms. The molecule has 0 saturated heterocycles. The smallest absolute Gasteiger partial charge is 0.397 e. The Morgan fingerprint density at radius 1 is 1.20 bits per heavy atom. The number of nitrogens with one attached hydrogen (secondary N) is 1. The molecule has 0 unspecified atom stereocenters. The number of nitrogen functional groups attached to an aromatic ring is 1. The minimum Gasteiger partial charge on any atom is -0.508 e. The van der Waals surface area contributed by atoms with E-state index in [1.807, 2.05) is 12.1 Å². The van der Waals surface area contributed by atoms with Crippen LogP contribution < -0.4 is 5.73 Å². The van der Waals surface area contributed by atoms with Gasteiger partial charge in [-0.2, -0.15) is 8.42 Å². The van der Waals surface area contributed by atoms with Crippen molar-refractivity contribution in [1.29, 1.82) is 5.41 Å². The van der Waals surface area contributed by atoms with Crippen LogP contribution in [0.2, 0.25) is 0 Å². The van der Waals surface area contributed by atoms with Crippen LogP contribution >= 0.6 is 0 Å². The van der Waals surface area contributed by atoms with E-state index in [0.29, 0.717) is 5.56 Å². The predicted octanol–water partition coefficient (Wildman–Crippen LogP) is 1.27. The summed E-state index contributed by atoms with van der Waals surface area (Å²) in [4.78, 5) is 0. The van der Waals surface area contributed by atoms with E-state index in [-0.39, 0.29) is 11.6 Å². The highest BCUT2D eigenvalue weighted by atomic mass is 32.3. The molecular formula is C12H14N2O5S. The third kappa shape index (κ3) is 4.84. The molecule has 0 aromatic heterocycles. The summed E-state index contributed by atoms with van der Waals surface area (Å²) in [6.07, 6.45) is 0. The van der Waals surface area contributed by atoms with Crippen LogP contribution in [0, 0.1) is 5.41 Å². The van der Waals surface area contributed by atoms with Crippen LogP contribution in [-0.2, 0) is 14.6 Å². The van der Waals surface area contributed by atoms with Crippen LogP contribution in [0.15, 0.2) is 36.4 Å². The monoisotopic (exact) mass is 298 g/mol. The van der Waals surface area contributed by atoms with Gasteiger partial charge in [0.2, 0.25) is 0 Å². The molecule has 0 spiro atoms. The van der Waals surface area contributed by atoms with E-state index in [1.54, 1.807) is 24.3 Å². The maximum Gasteiger partial charge on any atom is 0.397 e. The third-order valence-electron chi connectivity index (χ3n) is 2.35. The first kappa shape index (κ1) is 15.9. The lowest BCUT2D eigenvalue weighted by atomic mass is 10.1. The van der Waals surface area contributed by atoms with Gasteiger partial charge in [0.15, 0.2) is 0 Å². The first-order chi connectivity index (χ1) is 9.23. The van der Waals surface area contributed by atoms with Crippen LogP contribution in [0.1, 0.15) is 5.56 Å². The predicted molar refractivity (Wildman–Crippen MR) is 75.2 cm³/mol. The molecule has 0 heterocycles. The Morgan fingerprint density at radius 2 is 1.70 bits per heavy atom. The fourth-order valence-corrected chi connectivity index (χ4v) is 1.40. The number of benzene rings is 2. The number of nitrogens with two attached hydrogens (primary N) is 1. The van der Waals surface area contributed by atoms with E-state index < -0.39 is 10.4 Å². The van der Waals surface area contributed by atoms with Crippen molar-refractivity contribution in [2.45, 2.75) is 0 Å². The molecule has 7 nitrogen and oxygen atoms in total. The normalized spacial score (nSPS) is 10.7. The standard InChI is InChI=1S/C11H10N2O.CH4O4S/c12-11(13)9-2-1-8-6-10(14)4-3-7(8)5-9;1-5-6(2,3)4/h1-6,14H,(H3,12,13);1H3,(H,2,3,4). The molecule has 2 aromatic carbocycles. The van der Waals surface area contributed by atoms with Crippen molar-refractivity contribution in [1.82, 2.24) is 0 Å². The zero-order valence-electron chi connectivity index (χ0n) is 10.6. The van der Waals surface area contributed by atoms with Crippen molar-refractivity contribution in [3.63, 3.8) is 0 Å². The van der Waals surface area contributed by atoms with Gasteiger partial charge in [0.05, 0.1) is 7.11 Å². The summed E-state index contributed by atoms with van der Waals surface area (Å²) in [6.45, 7) is 0. The molecule has 0 aliphatic carbocycles. The lowest BCUT2D eigenvalue weighted by Gasteiger charge is -2.02. The number of phenolic OH excluding ortho intramolecular Hbond substituents is 1. The van der Waals surface area contributed by atoms with Crippen LogP contribution in [0.25, 0.3) is 10.8 Å². The Morgan fingerprint density at radius 3 is 2.20 bits per heavy atom. The number of fused-ring (bicyclic) bond motifs is 1. The molecular weight excluding hydrogens is 284 g/mol. The van der Waals surface area contributed by atoms with Gasteiger partial charge in [-0.25, -0.2) is 0 Å². The van der Waals surface area contributed by atoms with Crippen molar-refractivity contribution >= 4 is 27.0 Å². The van der Waals surface area contributed by atoms with Crippen molar-refractivity contribution in [3.05, 3.63) is 42.0 Å². The molecule has 0 aliphatic rings. The lowest BCUT2D eigenvalue weighted by Crippen LogP contribution is -2.10. The molecule has 2 aromatic rings. The van der Waals surface area contributed by atoms with Gasteiger partial charge < -0.3 is 10.8 Å². The molecule has 0 atom stereocenters. The first-order valence-electron chi connectivity index (χ1n) is 5.33. The second-order valence-electron chi connectivity index (χ2n) is 3.75.